The van der Waals surface area contributed by atoms with Crippen LogP contribution in [-0.2, 0) is 4.79 Å². The van der Waals surface area contributed by atoms with Crippen LogP contribution in [0.2, 0.25) is 0 Å². The van der Waals surface area contributed by atoms with Crippen LogP contribution in [0.4, 0.5) is 10.1 Å². The van der Waals surface area contributed by atoms with E-state index in [0.717, 1.165) is 5.56 Å². The van der Waals surface area contributed by atoms with Gasteiger partial charge in [0.1, 0.15) is 17.3 Å². The molecule has 1 N–H and O–H groups in total. The number of halogens is 1. The molecule has 23 heavy (non-hydrogen) atoms. The van der Waals surface area contributed by atoms with Crippen molar-refractivity contribution in [2.75, 3.05) is 11.9 Å². The standard InChI is InChI=1S/C18H20FNO3/c1-4-22-17-10-12(2)8-9-16(17)20-18(21)13(3)23-15-7-5-6-14(19)11-15/h5-11,13H,4H2,1-3H3,(H,20,21). The zero-order chi connectivity index (χ0) is 16.8. The number of hydrogen-bond donors (Lipinski definition) is 1. The molecule has 0 aliphatic rings. The third kappa shape index (κ3) is 4.71. The summed E-state index contributed by atoms with van der Waals surface area (Å²) in [5.41, 5.74) is 1.62. The molecule has 4 nitrogen and oxygen atoms in total. The van der Waals surface area contributed by atoms with Gasteiger partial charge in [-0.1, -0.05) is 12.1 Å². The third-order valence-electron chi connectivity index (χ3n) is 3.17. The van der Waals surface area contributed by atoms with Crippen LogP contribution < -0.4 is 14.8 Å². The van der Waals surface area contributed by atoms with Crippen LogP contribution in [0.3, 0.4) is 0 Å². The number of anilines is 1. The summed E-state index contributed by atoms with van der Waals surface area (Å²) in [6.45, 7) is 5.93. The van der Waals surface area contributed by atoms with Crippen LogP contribution in [-0.4, -0.2) is 18.6 Å². The Morgan fingerprint density at radius 1 is 1.26 bits per heavy atom. The first-order valence-corrected chi connectivity index (χ1v) is 7.46. The lowest BCUT2D eigenvalue weighted by Crippen LogP contribution is -2.30. The lowest BCUT2D eigenvalue weighted by atomic mass is 10.2. The van der Waals surface area contributed by atoms with Crippen LogP contribution in [0, 0.1) is 12.7 Å². The fourth-order valence-electron chi connectivity index (χ4n) is 2.04. The van der Waals surface area contributed by atoms with Crippen molar-refractivity contribution in [1.29, 1.82) is 0 Å². The SMILES string of the molecule is CCOc1cc(C)ccc1NC(=O)C(C)Oc1cccc(F)c1. The van der Waals surface area contributed by atoms with E-state index in [1.807, 2.05) is 26.0 Å². The fraction of sp³-hybridized carbons (Fsp3) is 0.278. The van der Waals surface area contributed by atoms with Gasteiger partial charge < -0.3 is 14.8 Å². The normalized spacial score (nSPS) is 11.7. The summed E-state index contributed by atoms with van der Waals surface area (Å²) in [5.74, 6) is 0.173. The maximum atomic E-state index is 13.1. The van der Waals surface area contributed by atoms with Gasteiger partial charge in [0.15, 0.2) is 6.10 Å². The Hall–Kier alpha value is -2.56. The summed E-state index contributed by atoms with van der Waals surface area (Å²) in [6.07, 6.45) is -0.771. The van der Waals surface area contributed by atoms with Crippen LogP contribution >= 0.6 is 0 Å². The number of nitrogens with one attached hydrogen (secondary N) is 1. The van der Waals surface area contributed by atoms with E-state index in [-0.39, 0.29) is 5.91 Å². The molecule has 0 fully saturated rings. The number of aryl methyl sites for hydroxylation is 1. The molecule has 1 unspecified atom stereocenters. The van der Waals surface area contributed by atoms with Crippen molar-refractivity contribution in [3.05, 3.63) is 53.8 Å². The quantitative estimate of drug-likeness (QED) is 0.878. The molecule has 0 aromatic heterocycles. The zero-order valence-corrected chi connectivity index (χ0v) is 13.4. The van der Waals surface area contributed by atoms with Crippen molar-refractivity contribution in [3.63, 3.8) is 0 Å². The number of ether oxygens (including phenoxy) is 2. The molecule has 2 rings (SSSR count). The van der Waals surface area contributed by atoms with Crippen molar-refractivity contribution < 1.29 is 18.7 Å². The Labute approximate surface area is 135 Å². The monoisotopic (exact) mass is 317 g/mol. The lowest BCUT2D eigenvalue weighted by Gasteiger charge is -2.17. The van der Waals surface area contributed by atoms with Gasteiger partial charge in [-0.2, -0.15) is 0 Å². The summed E-state index contributed by atoms with van der Waals surface area (Å²) < 4.78 is 24.1. The van der Waals surface area contributed by atoms with Gasteiger partial charge in [-0.3, -0.25) is 4.79 Å². The van der Waals surface area contributed by atoms with Gasteiger partial charge in [0.25, 0.3) is 5.91 Å². The smallest absolute Gasteiger partial charge is 0.265 e. The minimum atomic E-state index is -0.771. The van der Waals surface area contributed by atoms with Crippen molar-refractivity contribution in [2.45, 2.75) is 26.9 Å². The molecule has 5 heteroatoms. The molecular formula is C18H20FNO3. The maximum absolute atomic E-state index is 13.1. The van der Waals surface area contributed by atoms with Gasteiger partial charge in [-0.25, -0.2) is 4.39 Å². The van der Waals surface area contributed by atoms with Gasteiger partial charge in [0.2, 0.25) is 0 Å². The first-order chi connectivity index (χ1) is 11.0. The Balaban J connectivity index is 2.06. The molecule has 1 amide bonds. The zero-order valence-electron chi connectivity index (χ0n) is 13.4. The highest BCUT2D eigenvalue weighted by atomic mass is 19.1. The van der Waals surface area contributed by atoms with E-state index in [9.17, 15) is 9.18 Å². The molecule has 0 bridgehead atoms. The van der Waals surface area contributed by atoms with Crippen LogP contribution in [0.15, 0.2) is 42.5 Å². The molecule has 0 saturated carbocycles. The van der Waals surface area contributed by atoms with E-state index in [4.69, 9.17) is 9.47 Å². The fourth-order valence-corrected chi connectivity index (χ4v) is 2.04. The molecule has 0 spiro atoms. The Bertz CT molecular complexity index is 688. The van der Waals surface area contributed by atoms with E-state index in [0.29, 0.717) is 23.8 Å². The Morgan fingerprint density at radius 2 is 2.04 bits per heavy atom. The second kappa shape index (κ2) is 7.63. The van der Waals surface area contributed by atoms with Gasteiger partial charge in [0, 0.05) is 6.07 Å². The summed E-state index contributed by atoms with van der Waals surface area (Å²) in [7, 11) is 0. The van der Waals surface area contributed by atoms with Gasteiger partial charge >= 0.3 is 0 Å². The van der Waals surface area contributed by atoms with Crippen LogP contribution in [0.5, 0.6) is 11.5 Å². The predicted octanol–water partition coefficient (Wildman–Crippen LogP) is 3.94. The minimum absolute atomic E-state index is 0.307. The summed E-state index contributed by atoms with van der Waals surface area (Å²) in [6, 6.07) is 11.2. The lowest BCUT2D eigenvalue weighted by molar-refractivity contribution is -0.122. The van der Waals surface area contributed by atoms with Crippen molar-refractivity contribution in [3.8, 4) is 11.5 Å². The Kier molecular flexibility index (Phi) is 5.57. The second-order valence-electron chi connectivity index (χ2n) is 5.14. The number of carbonyl (C=O) groups is 1. The maximum Gasteiger partial charge on any atom is 0.265 e. The average molecular weight is 317 g/mol. The third-order valence-corrected chi connectivity index (χ3v) is 3.17. The van der Waals surface area contributed by atoms with E-state index in [1.165, 1.54) is 18.2 Å². The highest BCUT2D eigenvalue weighted by Crippen LogP contribution is 2.26. The Morgan fingerprint density at radius 3 is 2.74 bits per heavy atom. The first-order valence-electron chi connectivity index (χ1n) is 7.46. The number of hydrogen-bond acceptors (Lipinski definition) is 3. The molecule has 0 heterocycles. The summed E-state index contributed by atoms with van der Waals surface area (Å²) in [5, 5.41) is 2.77. The van der Waals surface area contributed by atoms with Crippen molar-refractivity contribution in [1.82, 2.24) is 0 Å². The van der Waals surface area contributed by atoms with E-state index >= 15 is 0 Å². The van der Waals surface area contributed by atoms with Crippen molar-refractivity contribution in [2.24, 2.45) is 0 Å². The topological polar surface area (TPSA) is 47.6 Å². The molecule has 0 aliphatic carbocycles. The minimum Gasteiger partial charge on any atom is -0.492 e. The van der Waals surface area contributed by atoms with Crippen molar-refractivity contribution >= 4 is 11.6 Å². The largest absolute Gasteiger partial charge is 0.492 e. The number of amides is 1. The number of carbonyl (C=O) groups excluding carboxylic acids is 1. The molecule has 0 aliphatic heterocycles. The van der Waals surface area contributed by atoms with Gasteiger partial charge in [0.05, 0.1) is 12.3 Å². The number of rotatable bonds is 6. The first kappa shape index (κ1) is 16.8. The van der Waals surface area contributed by atoms with Crippen LogP contribution in [0.1, 0.15) is 19.4 Å². The van der Waals surface area contributed by atoms with E-state index in [1.54, 1.807) is 19.1 Å². The highest BCUT2D eigenvalue weighted by molar-refractivity contribution is 5.95. The molecule has 2 aromatic rings. The highest BCUT2D eigenvalue weighted by Gasteiger charge is 2.17. The van der Waals surface area contributed by atoms with E-state index in [2.05, 4.69) is 5.32 Å². The number of benzene rings is 2. The predicted molar refractivity (Wildman–Crippen MR) is 87.5 cm³/mol. The molecule has 1 atom stereocenters. The second-order valence-corrected chi connectivity index (χ2v) is 5.14. The molecule has 0 radical (unpaired) electrons. The molecule has 2 aromatic carbocycles. The molecule has 122 valence electrons. The van der Waals surface area contributed by atoms with Gasteiger partial charge in [-0.15, -0.1) is 0 Å². The molecule has 0 saturated heterocycles. The summed E-state index contributed by atoms with van der Waals surface area (Å²) in [4.78, 5) is 12.3. The summed E-state index contributed by atoms with van der Waals surface area (Å²) >= 11 is 0. The van der Waals surface area contributed by atoms with Crippen LogP contribution in [0.25, 0.3) is 0 Å². The molecular weight excluding hydrogens is 297 g/mol. The average Bonchev–Trinajstić information content (AvgIpc) is 2.50. The van der Waals surface area contributed by atoms with Gasteiger partial charge in [-0.05, 0) is 50.6 Å². The van der Waals surface area contributed by atoms with E-state index < -0.39 is 11.9 Å².